The number of aromatic nitrogens is 1. The van der Waals surface area contributed by atoms with Gasteiger partial charge in [0, 0.05) is 6.20 Å². The molecular weight excluding hydrogens is 257 g/mol. The average molecular weight is 263 g/mol. The van der Waals surface area contributed by atoms with Crippen molar-refractivity contribution in [3.8, 4) is 0 Å². The van der Waals surface area contributed by atoms with Gasteiger partial charge in [-0.3, -0.25) is 10.2 Å². The number of nitrogens with one attached hydrogen (secondary N) is 1. The SMILES string of the molecule is NNC(=O)c1ccc(I)nc1. The number of rotatable bonds is 1. The van der Waals surface area contributed by atoms with Crippen molar-refractivity contribution in [2.24, 2.45) is 5.84 Å². The van der Waals surface area contributed by atoms with Gasteiger partial charge in [-0.05, 0) is 34.7 Å². The summed E-state index contributed by atoms with van der Waals surface area (Å²) in [6.45, 7) is 0. The van der Waals surface area contributed by atoms with Gasteiger partial charge in [-0.15, -0.1) is 0 Å². The van der Waals surface area contributed by atoms with Crippen molar-refractivity contribution in [1.82, 2.24) is 10.4 Å². The molecule has 1 aromatic rings. The summed E-state index contributed by atoms with van der Waals surface area (Å²) < 4.78 is 0.844. The predicted molar refractivity (Wildman–Crippen MR) is 48.6 cm³/mol. The Morgan fingerprint density at radius 1 is 1.64 bits per heavy atom. The maximum absolute atomic E-state index is 10.8. The number of hydrazine groups is 1. The number of pyridine rings is 1. The molecule has 4 nitrogen and oxygen atoms in total. The number of halogens is 1. The van der Waals surface area contributed by atoms with Crippen LogP contribution in [0.15, 0.2) is 18.3 Å². The monoisotopic (exact) mass is 263 g/mol. The minimum atomic E-state index is -0.325. The smallest absolute Gasteiger partial charge is 0.266 e. The van der Waals surface area contributed by atoms with E-state index < -0.39 is 0 Å². The van der Waals surface area contributed by atoms with Crippen LogP contribution in [0.3, 0.4) is 0 Å². The van der Waals surface area contributed by atoms with E-state index in [1.165, 1.54) is 6.20 Å². The van der Waals surface area contributed by atoms with E-state index in [0.29, 0.717) is 5.56 Å². The van der Waals surface area contributed by atoms with Crippen LogP contribution in [0, 0.1) is 3.70 Å². The van der Waals surface area contributed by atoms with E-state index in [4.69, 9.17) is 5.84 Å². The third kappa shape index (κ3) is 2.12. The van der Waals surface area contributed by atoms with E-state index in [2.05, 4.69) is 27.6 Å². The molecule has 0 spiro atoms. The fourth-order valence-corrected chi connectivity index (χ4v) is 0.913. The second-order valence-corrected chi connectivity index (χ2v) is 2.95. The van der Waals surface area contributed by atoms with Gasteiger partial charge in [0.15, 0.2) is 0 Å². The molecule has 0 saturated carbocycles. The van der Waals surface area contributed by atoms with Crippen LogP contribution in [0.5, 0.6) is 0 Å². The number of carbonyl (C=O) groups excluding carboxylic acids is 1. The van der Waals surface area contributed by atoms with Gasteiger partial charge in [0.05, 0.1) is 5.56 Å². The lowest BCUT2D eigenvalue weighted by Gasteiger charge is -1.97. The first kappa shape index (κ1) is 8.41. The maximum atomic E-state index is 10.8. The largest absolute Gasteiger partial charge is 0.290 e. The molecular formula is C6H6IN3O. The number of nitrogens with zero attached hydrogens (tertiary/aromatic N) is 1. The van der Waals surface area contributed by atoms with Gasteiger partial charge >= 0.3 is 0 Å². The Bertz CT molecular complexity index is 259. The van der Waals surface area contributed by atoms with Gasteiger partial charge in [0.2, 0.25) is 0 Å². The van der Waals surface area contributed by atoms with Crippen LogP contribution in [-0.4, -0.2) is 10.9 Å². The fraction of sp³-hybridized carbons (Fsp3) is 0. The van der Waals surface area contributed by atoms with Crippen LogP contribution in [0.1, 0.15) is 10.4 Å². The molecule has 1 amide bonds. The number of amides is 1. The summed E-state index contributed by atoms with van der Waals surface area (Å²) in [5.74, 6) is 4.59. The topological polar surface area (TPSA) is 68.0 Å². The van der Waals surface area contributed by atoms with Gasteiger partial charge < -0.3 is 0 Å². The molecule has 0 aliphatic heterocycles. The molecule has 0 unspecified atom stereocenters. The van der Waals surface area contributed by atoms with E-state index in [0.717, 1.165) is 3.70 Å². The second kappa shape index (κ2) is 3.63. The van der Waals surface area contributed by atoms with Crippen LogP contribution in [0.2, 0.25) is 0 Å². The lowest BCUT2D eigenvalue weighted by molar-refractivity contribution is 0.0953. The highest BCUT2D eigenvalue weighted by Crippen LogP contribution is 2.01. The van der Waals surface area contributed by atoms with Gasteiger partial charge in [0.1, 0.15) is 3.70 Å². The van der Waals surface area contributed by atoms with E-state index in [1.54, 1.807) is 12.1 Å². The summed E-state index contributed by atoms with van der Waals surface area (Å²) in [4.78, 5) is 14.8. The van der Waals surface area contributed by atoms with E-state index in [9.17, 15) is 4.79 Å². The first-order chi connectivity index (χ1) is 5.24. The molecule has 3 N–H and O–H groups in total. The quantitative estimate of drug-likeness (QED) is 0.251. The average Bonchev–Trinajstić information content (AvgIpc) is 2.05. The molecule has 58 valence electrons. The third-order valence-electron chi connectivity index (χ3n) is 1.12. The van der Waals surface area contributed by atoms with Gasteiger partial charge in [0.25, 0.3) is 5.91 Å². The Morgan fingerprint density at radius 3 is 2.82 bits per heavy atom. The first-order valence-corrected chi connectivity index (χ1v) is 3.94. The fourth-order valence-electron chi connectivity index (χ4n) is 0.593. The molecule has 0 bridgehead atoms. The third-order valence-corrected chi connectivity index (χ3v) is 1.76. The zero-order chi connectivity index (χ0) is 8.27. The number of hydrogen-bond donors (Lipinski definition) is 2. The van der Waals surface area contributed by atoms with Crippen molar-refractivity contribution in [1.29, 1.82) is 0 Å². The van der Waals surface area contributed by atoms with E-state index >= 15 is 0 Å². The Balaban J connectivity index is 2.90. The van der Waals surface area contributed by atoms with Crippen molar-refractivity contribution in [2.45, 2.75) is 0 Å². The van der Waals surface area contributed by atoms with Gasteiger partial charge in [-0.25, -0.2) is 10.8 Å². The molecule has 1 aromatic heterocycles. The van der Waals surface area contributed by atoms with Crippen molar-refractivity contribution >= 4 is 28.5 Å². The lowest BCUT2D eigenvalue weighted by atomic mass is 10.3. The van der Waals surface area contributed by atoms with Crippen LogP contribution in [0.25, 0.3) is 0 Å². The van der Waals surface area contributed by atoms with E-state index in [-0.39, 0.29) is 5.91 Å². The summed E-state index contributed by atoms with van der Waals surface area (Å²) >= 11 is 2.06. The highest BCUT2D eigenvalue weighted by Gasteiger charge is 2.01. The van der Waals surface area contributed by atoms with Crippen molar-refractivity contribution in [3.05, 3.63) is 27.6 Å². The zero-order valence-corrected chi connectivity index (χ0v) is 7.70. The van der Waals surface area contributed by atoms with Crippen LogP contribution < -0.4 is 11.3 Å². The maximum Gasteiger partial charge on any atom is 0.266 e. The standard InChI is InChI=1S/C6H6IN3O/c7-5-2-1-4(3-9-5)6(11)10-8/h1-3H,8H2,(H,10,11). The first-order valence-electron chi connectivity index (χ1n) is 2.86. The van der Waals surface area contributed by atoms with Crippen LogP contribution >= 0.6 is 22.6 Å². The molecule has 5 heteroatoms. The molecule has 1 heterocycles. The predicted octanol–water partition coefficient (Wildman–Crippen LogP) is 0.290. The molecule has 0 radical (unpaired) electrons. The summed E-state index contributed by atoms with van der Waals surface area (Å²) in [6.07, 6.45) is 1.48. The Kier molecular flexibility index (Phi) is 2.77. The molecule has 0 aliphatic carbocycles. The number of hydrogen-bond acceptors (Lipinski definition) is 3. The summed E-state index contributed by atoms with van der Waals surface area (Å²) in [5, 5.41) is 0. The van der Waals surface area contributed by atoms with Crippen molar-refractivity contribution in [3.63, 3.8) is 0 Å². The zero-order valence-electron chi connectivity index (χ0n) is 5.54. The second-order valence-electron chi connectivity index (χ2n) is 1.84. The Hall–Kier alpha value is -0.690. The number of nitrogens with two attached hydrogens (primary N) is 1. The lowest BCUT2D eigenvalue weighted by Crippen LogP contribution is -2.30. The Morgan fingerprint density at radius 2 is 2.36 bits per heavy atom. The molecule has 0 fully saturated rings. The summed E-state index contributed by atoms with van der Waals surface area (Å²) in [5.41, 5.74) is 2.48. The van der Waals surface area contributed by atoms with Gasteiger partial charge in [-0.2, -0.15) is 0 Å². The van der Waals surface area contributed by atoms with Gasteiger partial charge in [-0.1, -0.05) is 0 Å². The minimum Gasteiger partial charge on any atom is -0.290 e. The van der Waals surface area contributed by atoms with Crippen molar-refractivity contribution < 1.29 is 4.79 Å². The number of nitrogen functional groups attached to an aromatic ring is 1. The van der Waals surface area contributed by atoms with E-state index in [1.807, 2.05) is 5.43 Å². The molecule has 0 aromatic carbocycles. The summed E-state index contributed by atoms with van der Waals surface area (Å²) in [7, 11) is 0. The van der Waals surface area contributed by atoms with Crippen molar-refractivity contribution in [2.75, 3.05) is 0 Å². The molecule has 11 heavy (non-hydrogen) atoms. The molecule has 0 atom stereocenters. The van der Waals surface area contributed by atoms with Crippen LogP contribution in [-0.2, 0) is 0 Å². The molecule has 0 aliphatic rings. The highest BCUT2D eigenvalue weighted by molar-refractivity contribution is 14.1. The molecule has 1 rings (SSSR count). The highest BCUT2D eigenvalue weighted by atomic mass is 127. The summed E-state index contributed by atoms with van der Waals surface area (Å²) in [6, 6.07) is 3.40. The normalized spacial score (nSPS) is 9.27. The number of carbonyl (C=O) groups is 1. The van der Waals surface area contributed by atoms with Crippen LogP contribution in [0.4, 0.5) is 0 Å². The minimum absolute atomic E-state index is 0.325. The Labute approximate surface area is 77.3 Å². The molecule has 0 saturated heterocycles.